The Morgan fingerprint density at radius 2 is 1.51 bits per heavy atom. The molecule has 2 heterocycles. The van der Waals surface area contributed by atoms with Crippen LogP contribution in [0.25, 0.3) is 11.0 Å². The Labute approximate surface area is 225 Å². The zero-order valence-electron chi connectivity index (χ0n) is 18.9. The van der Waals surface area contributed by atoms with Crippen LogP contribution < -0.4 is 0 Å². The van der Waals surface area contributed by atoms with E-state index in [1.54, 1.807) is 60.7 Å². The topological polar surface area (TPSA) is 79.7 Å². The predicted octanol–water partition coefficient (Wildman–Crippen LogP) is 6.31. The number of hydrogen-bond donors (Lipinski definition) is 0. The van der Waals surface area contributed by atoms with Crippen LogP contribution in [0.5, 0.6) is 0 Å². The van der Waals surface area contributed by atoms with Crippen LogP contribution >= 0.6 is 34.8 Å². The number of ether oxygens (including phenoxy) is 3. The molecule has 4 atom stereocenters. The molecule has 0 radical (unpaired) electrons. The number of alkyl halides is 1. The summed E-state index contributed by atoms with van der Waals surface area (Å²) in [6.07, 6.45) is -5.81. The van der Waals surface area contributed by atoms with Crippen molar-refractivity contribution in [3.05, 3.63) is 99.3 Å². The Bertz CT molecular complexity index is 1450. The summed E-state index contributed by atoms with van der Waals surface area (Å²) in [5.41, 5.74) is 1.27. The molecule has 4 aromatic rings. The van der Waals surface area contributed by atoms with Gasteiger partial charge in [0, 0.05) is 0 Å². The number of aromatic nitrogens is 2. The van der Waals surface area contributed by atoms with Gasteiger partial charge >= 0.3 is 11.9 Å². The molecule has 1 fully saturated rings. The van der Waals surface area contributed by atoms with Crippen LogP contribution in [0, 0.1) is 0 Å². The Morgan fingerprint density at radius 3 is 2.16 bits per heavy atom. The number of nitrogens with zero attached hydrogens (tertiary/aromatic N) is 2. The van der Waals surface area contributed by atoms with Gasteiger partial charge in [0.2, 0.25) is 5.28 Å². The molecular weight excluding hydrogens is 546 g/mol. The fraction of sp³-hybridized carbons (Fsp3) is 0.192. The minimum Gasteiger partial charge on any atom is -0.459 e. The van der Waals surface area contributed by atoms with Gasteiger partial charge in [0.25, 0.3) is 0 Å². The summed E-state index contributed by atoms with van der Waals surface area (Å²) in [6, 6.07) is 19.4. The van der Waals surface area contributed by atoms with Crippen molar-refractivity contribution in [3.63, 3.8) is 0 Å². The van der Waals surface area contributed by atoms with Crippen LogP contribution in [-0.4, -0.2) is 46.5 Å². The van der Waals surface area contributed by atoms with Gasteiger partial charge in [-0.2, -0.15) is 0 Å². The summed E-state index contributed by atoms with van der Waals surface area (Å²) in [5.74, 6) is -1.39. The van der Waals surface area contributed by atoms with Crippen LogP contribution in [-0.2, 0) is 14.2 Å². The van der Waals surface area contributed by atoms with Crippen LogP contribution in [0.3, 0.4) is 0 Å². The smallest absolute Gasteiger partial charge is 0.338 e. The van der Waals surface area contributed by atoms with Gasteiger partial charge in [-0.1, -0.05) is 59.6 Å². The number of imidazole rings is 1. The Morgan fingerprint density at radius 1 is 0.919 bits per heavy atom. The van der Waals surface area contributed by atoms with Crippen LogP contribution in [0.15, 0.2) is 72.8 Å². The van der Waals surface area contributed by atoms with E-state index in [-0.39, 0.29) is 27.5 Å². The highest BCUT2D eigenvalue weighted by Gasteiger charge is 2.50. The zero-order valence-corrected chi connectivity index (χ0v) is 21.2. The molecular formula is C26H18Cl3FN2O5. The van der Waals surface area contributed by atoms with Gasteiger partial charge in [-0.3, -0.25) is 4.57 Å². The van der Waals surface area contributed by atoms with E-state index >= 15 is 4.39 Å². The number of carbonyl (C=O) groups is 2. The molecule has 0 spiro atoms. The molecule has 1 aromatic heterocycles. The first-order valence-electron chi connectivity index (χ1n) is 11.1. The zero-order chi connectivity index (χ0) is 26.1. The summed E-state index contributed by atoms with van der Waals surface area (Å²) in [5, 5.41) is 0.372. The van der Waals surface area contributed by atoms with E-state index < -0.39 is 36.5 Å². The second-order valence-electron chi connectivity index (χ2n) is 8.22. The molecule has 7 nitrogen and oxygen atoms in total. The van der Waals surface area contributed by atoms with E-state index in [1.165, 1.54) is 16.7 Å². The van der Waals surface area contributed by atoms with Crippen molar-refractivity contribution in [1.82, 2.24) is 9.55 Å². The first-order chi connectivity index (χ1) is 17.8. The van der Waals surface area contributed by atoms with E-state index in [0.29, 0.717) is 16.6 Å². The summed E-state index contributed by atoms with van der Waals surface area (Å²) in [4.78, 5) is 29.5. The monoisotopic (exact) mass is 562 g/mol. The predicted molar refractivity (Wildman–Crippen MR) is 136 cm³/mol. The van der Waals surface area contributed by atoms with Gasteiger partial charge in [-0.05, 0) is 48.0 Å². The first-order valence-corrected chi connectivity index (χ1v) is 12.3. The summed E-state index contributed by atoms with van der Waals surface area (Å²) >= 11 is 18.6. The quantitative estimate of drug-likeness (QED) is 0.256. The summed E-state index contributed by atoms with van der Waals surface area (Å²) in [6.45, 7) is -0.381. The highest BCUT2D eigenvalue weighted by Crippen LogP contribution is 2.40. The average Bonchev–Trinajstić information content (AvgIpc) is 3.38. The molecule has 1 aliphatic heterocycles. The molecule has 0 bridgehead atoms. The van der Waals surface area contributed by atoms with Crippen molar-refractivity contribution in [2.24, 2.45) is 0 Å². The van der Waals surface area contributed by atoms with Gasteiger partial charge in [0.1, 0.15) is 12.7 Å². The maximum Gasteiger partial charge on any atom is 0.338 e. The number of benzene rings is 3. The Hall–Kier alpha value is -3.17. The van der Waals surface area contributed by atoms with Crippen molar-refractivity contribution in [1.29, 1.82) is 0 Å². The molecule has 0 N–H and O–H groups in total. The standard InChI is InChI=1S/C26H18Cl3FN2O5/c27-16-11-18-19(12-17(16)28)32(26(29)31-18)23-21(30)22(37-25(34)15-9-5-2-6-10-15)20(36-23)13-35-24(33)14-7-3-1-4-8-14/h1-12,20-23H,13H2/t20-,21+,22-,23-/m1/s1. The summed E-state index contributed by atoms with van der Waals surface area (Å²) in [7, 11) is 0. The molecule has 0 aliphatic carbocycles. The number of carbonyl (C=O) groups excluding carboxylic acids is 2. The van der Waals surface area contributed by atoms with Crippen LogP contribution in [0.1, 0.15) is 26.9 Å². The van der Waals surface area contributed by atoms with E-state index in [2.05, 4.69) is 4.98 Å². The minimum atomic E-state index is -1.89. The van der Waals surface area contributed by atoms with Gasteiger partial charge in [0.15, 0.2) is 18.5 Å². The van der Waals surface area contributed by atoms with Crippen molar-refractivity contribution in [2.75, 3.05) is 6.61 Å². The fourth-order valence-corrected chi connectivity index (χ4v) is 4.66. The molecule has 11 heteroatoms. The largest absolute Gasteiger partial charge is 0.459 e. The van der Waals surface area contributed by atoms with E-state index in [1.807, 2.05) is 0 Å². The SMILES string of the molecule is O=C(OC[C@H]1O[C@@H](n2c(Cl)nc3cc(Cl)c(Cl)cc32)[C@@H](F)[C@@H]1OC(=O)c1ccccc1)c1ccccc1. The fourth-order valence-electron chi connectivity index (χ4n) is 4.06. The molecule has 37 heavy (non-hydrogen) atoms. The number of fused-ring (bicyclic) bond motifs is 1. The molecule has 3 aromatic carbocycles. The first kappa shape index (κ1) is 25.5. The maximum absolute atomic E-state index is 16.0. The number of esters is 2. The lowest BCUT2D eigenvalue weighted by Crippen LogP contribution is -2.37. The lowest BCUT2D eigenvalue weighted by Gasteiger charge is -2.19. The van der Waals surface area contributed by atoms with E-state index in [0.717, 1.165) is 0 Å². The van der Waals surface area contributed by atoms with Crippen molar-refractivity contribution in [3.8, 4) is 0 Å². The highest BCUT2D eigenvalue weighted by molar-refractivity contribution is 6.42. The van der Waals surface area contributed by atoms with Crippen LogP contribution in [0.2, 0.25) is 15.3 Å². The van der Waals surface area contributed by atoms with Gasteiger partial charge in [-0.15, -0.1) is 0 Å². The van der Waals surface area contributed by atoms with Crippen molar-refractivity contribution < 1.29 is 28.2 Å². The van der Waals surface area contributed by atoms with E-state index in [9.17, 15) is 9.59 Å². The lowest BCUT2D eigenvalue weighted by molar-refractivity contribution is -0.0568. The lowest BCUT2D eigenvalue weighted by atomic mass is 10.1. The normalized spacial score (nSPS) is 21.2. The van der Waals surface area contributed by atoms with E-state index in [4.69, 9.17) is 49.0 Å². The maximum atomic E-state index is 16.0. The van der Waals surface area contributed by atoms with Crippen LogP contribution in [0.4, 0.5) is 4.39 Å². The number of halogens is 4. The summed E-state index contributed by atoms with van der Waals surface area (Å²) < 4.78 is 34.1. The second-order valence-corrected chi connectivity index (χ2v) is 9.37. The third kappa shape index (κ3) is 5.15. The molecule has 0 amide bonds. The van der Waals surface area contributed by atoms with Gasteiger partial charge in [0.05, 0.1) is 32.2 Å². The molecule has 0 saturated carbocycles. The average molecular weight is 564 g/mol. The van der Waals surface area contributed by atoms with Gasteiger partial charge in [-0.25, -0.2) is 19.0 Å². The van der Waals surface area contributed by atoms with Gasteiger partial charge < -0.3 is 14.2 Å². The molecule has 0 unspecified atom stereocenters. The molecule has 1 aliphatic rings. The van der Waals surface area contributed by atoms with Crippen molar-refractivity contribution in [2.45, 2.75) is 24.6 Å². The minimum absolute atomic E-state index is 0.0870. The third-order valence-electron chi connectivity index (χ3n) is 5.85. The Kier molecular flexibility index (Phi) is 7.35. The van der Waals surface area contributed by atoms with Crippen molar-refractivity contribution >= 4 is 57.8 Å². The molecule has 190 valence electrons. The second kappa shape index (κ2) is 10.7. The molecule has 1 saturated heterocycles. The third-order valence-corrected chi connectivity index (χ3v) is 6.84. The number of rotatable bonds is 6. The Balaban J connectivity index is 1.45. The molecule has 5 rings (SSSR count). The number of hydrogen-bond acceptors (Lipinski definition) is 6. The highest BCUT2D eigenvalue weighted by atomic mass is 35.5.